The summed E-state index contributed by atoms with van der Waals surface area (Å²) in [6.45, 7) is 0.719. The van der Waals surface area contributed by atoms with E-state index in [2.05, 4.69) is 15.3 Å². The molecule has 0 radical (unpaired) electrons. The number of para-hydroxylation sites is 2. The van der Waals surface area contributed by atoms with Crippen molar-refractivity contribution in [3.05, 3.63) is 48.5 Å². The standard InChI is InChI=1S/C20H22N4O3S/c1-28(26,27)24-12-4-5-15(13-24)20(25)21-16-10-8-14(9-11-16)19-22-17-6-2-3-7-18(17)23-19/h2-3,6-11,15H,4-5,12-13H2,1H3,(H,21,25)(H,22,23). The lowest BCUT2D eigenvalue weighted by Crippen LogP contribution is -2.43. The highest BCUT2D eigenvalue weighted by Crippen LogP contribution is 2.24. The molecule has 7 nitrogen and oxygen atoms in total. The van der Waals surface area contributed by atoms with E-state index in [0.29, 0.717) is 25.1 Å². The zero-order valence-electron chi connectivity index (χ0n) is 15.6. The van der Waals surface area contributed by atoms with Gasteiger partial charge in [-0.15, -0.1) is 0 Å². The van der Waals surface area contributed by atoms with Crippen molar-refractivity contribution in [2.24, 2.45) is 5.92 Å². The minimum Gasteiger partial charge on any atom is -0.338 e. The SMILES string of the molecule is CS(=O)(=O)N1CCCC(C(=O)Nc2ccc(-c3nc4ccccc4[nH]3)cc2)C1. The van der Waals surface area contributed by atoms with E-state index in [1.54, 1.807) is 0 Å². The summed E-state index contributed by atoms with van der Waals surface area (Å²) in [5.74, 6) is 0.290. The average Bonchev–Trinajstić information content (AvgIpc) is 3.12. The number of hydrogen-bond acceptors (Lipinski definition) is 4. The van der Waals surface area contributed by atoms with Crippen molar-refractivity contribution in [3.8, 4) is 11.4 Å². The van der Waals surface area contributed by atoms with Crippen molar-refractivity contribution < 1.29 is 13.2 Å². The van der Waals surface area contributed by atoms with E-state index in [9.17, 15) is 13.2 Å². The lowest BCUT2D eigenvalue weighted by Gasteiger charge is -2.30. The Morgan fingerprint density at radius 3 is 2.64 bits per heavy atom. The number of hydrogen-bond donors (Lipinski definition) is 2. The van der Waals surface area contributed by atoms with Crippen LogP contribution in [0.4, 0.5) is 5.69 Å². The molecule has 3 aromatic rings. The first-order valence-corrected chi connectivity index (χ1v) is 11.1. The van der Waals surface area contributed by atoms with Gasteiger partial charge in [-0.3, -0.25) is 4.79 Å². The molecule has 1 aromatic heterocycles. The molecule has 1 amide bonds. The van der Waals surface area contributed by atoms with Crippen LogP contribution in [0, 0.1) is 5.92 Å². The third-order valence-corrected chi connectivity index (χ3v) is 6.31. The number of aromatic amines is 1. The fourth-order valence-electron chi connectivity index (χ4n) is 3.50. The first kappa shape index (κ1) is 18.6. The average molecular weight is 398 g/mol. The first-order chi connectivity index (χ1) is 13.4. The van der Waals surface area contributed by atoms with E-state index in [0.717, 1.165) is 22.4 Å². The maximum Gasteiger partial charge on any atom is 0.228 e. The number of anilines is 1. The number of nitrogens with zero attached hydrogens (tertiary/aromatic N) is 2. The van der Waals surface area contributed by atoms with Crippen LogP contribution in [0.5, 0.6) is 0 Å². The molecular formula is C20H22N4O3S. The van der Waals surface area contributed by atoms with Gasteiger partial charge in [-0.05, 0) is 49.2 Å². The number of nitrogens with one attached hydrogen (secondary N) is 2. The molecule has 0 saturated carbocycles. The molecule has 28 heavy (non-hydrogen) atoms. The summed E-state index contributed by atoms with van der Waals surface area (Å²) in [4.78, 5) is 20.4. The van der Waals surface area contributed by atoms with Crippen LogP contribution in [0.15, 0.2) is 48.5 Å². The Morgan fingerprint density at radius 2 is 1.93 bits per heavy atom. The van der Waals surface area contributed by atoms with Gasteiger partial charge in [0.1, 0.15) is 5.82 Å². The van der Waals surface area contributed by atoms with Crippen molar-refractivity contribution in [2.45, 2.75) is 12.8 Å². The third-order valence-electron chi connectivity index (χ3n) is 5.04. The highest BCUT2D eigenvalue weighted by Gasteiger charge is 2.30. The number of benzene rings is 2. The second kappa shape index (κ2) is 7.37. The van der Waals surface area contributed by atoms with Crippen LogP contribution in [0.3, 0.4) is 0 Å². The number of amides is 1. The van der Waals surface area contributed by atoms with Crippen LogP contribution < -0.4 is 5.32 Å². The second-order valence-electron chi connectivity index (χ2n) is 7.13. The summed E-state index contributed by atoms with van der Waals surface area (Å²) in [5.41, 5.74) is 3.49. The van der Waals surface area contributed by atoms with Crippen LogP contribution in [0.25, 0.3) is 22.4 Å². The van der Waals surface area contributed by atoms with Gasteiger partial charge in [0.2, 0.25) is 15.9 Å². The van der Waals surface area contributed by atoms with E-state index < -0.39 is 10.0 Å². The summed E-state index contributed by atoms with van der Waals surface area (Å²) in [6, 6.07) is 15.3. The number of fused-ring (bicyclic) bond motifs is 1. The molecule has 1 aliphatic heterocycles. The van der Waals surface area contributed by atoms with Crippen LogP contribution >= 0.6 is 0 Å². The summed E-state index contributed by atoms with van der Waals surface area (Å²) in [5, 5.41) is 2.90. The quantitative estimate of drug-likeness (QED) is 0.706. The van der Waals surface area contributed by atoms with Crippen molar-refractivity contribution >= 4 is 32.7 Å². The zero-order valence-corrected chi connectivity index (χ0v) is 16.4. The minimum absolute atomic E-state index is 0.148. The van der Waals surface area contributed by atoms with Crippen LogP contribution in [-0.2, 0) is 14.8 Å². The fourth-order valence-corrected chi connectivity index (χ4v) is 4.41. The third kappa shape index (κ3) is 3.93. The maximum absolute atomic E-state index is 12.6. The molecule has 8 heteroatoms. The number of aromatic nitrogens is 2. The minimum atomic E-state index is -3.27. The highest BCUT2D eigenvalue weighted by molar-refractivity contribution is 7.88. The molecule has 1 saturated heterocycles. The van der Waals surface area contributed by atoms with E-state index in [-0.39, 0.29) is 18.4 Å². The van der Waals surface area contributed by atoms with E-state index in [1.807, 2.05) is 48.5 Å². The molecule has 1 unspecified atom stereocenters. The van der Waals surface area contributed by atoms with Gasteiger partial charge in [0, 0.05) is 24.3 Å². The Bertz CT molecular complexity index is 1070. The smallest absolute Gasteiger partial charge is 0.228 e. The molecule has 1 aliphatic rings. The Labute approximate surface area is 163 Å². The number of H-pyrrole nitrogens is 1. The Morgan fingerprint density at radius 1 is 1.18 bits per heavy atom. The van der Waals surface area contributed by atoms with Crippen molar-refractivity contribution in [3.63, 3.8) is 0 Å². The van der Waals surface area contributed by atoms with Gasteiger partial charge < -0.3 is 10.3 Å². The van der Waals surface area contributed by atoms with Crippen LogP contribution in [0.2, 0.25) is 0 Å². The predicted octanol–water partition coefficient (Wildman–Crippen LogP) is 2.84. The first-order valence-electron chi connectivity index (χ1n) is 9.21. The maximum atomic E-state index is 12.6. The molecule has 1 fully saturated rings. The van der Waals surface area contributed by atoms with Gasteiger partial charge >= 0.3 is 0 Å². The monoisotopic (exact) mass is 398 g/mol. The number of carbonyl (C=O) groups excluding carboxylic acids is 1. The molecule has 0 aliphatic carbocycles. The van der Waals surface area contributed by atoms with E-state index >= 15 is 0 Å². The lowest BCUT2D eigenvalue weighted by atomic mass is 9.98. The lowest BCUT2D eigenvalue weighted by molar-refractivity contribution is -0.120. The van der Waals surface area contributed by atoms with Gasteiger partial charge in [0.15, 0.2) is 0 Å². The summed E-state index contributed by atoms with van der Waals surface area (Å²) < 4.78 is 24.9. The molecule has 1 atom stereocenters. The van der Waals surface area contributed by atoms with Crippen molar-refractivity contribution in [2.75, 3.05) is 24.7 Å². The molecule has 4 rings (SSSR count). The van der Waals surface area contributed by atoms with Gasteiger partial charge in [0.05, 0.1) is 23.2 Å². The molecule has 0 spiro atoms. The summed E-state index contributed by atoms with van der Waals surface area (Å²) in [6.07, 6.45) is 2.56. The fraction of sp³-hybridized carbons (Fsp3) is 0.300. The largest absolute Gasteiger partial charge is 0.338 e. The van der Waals surface area contributed by atoms with Crippen molar-refractivity contribution in [1.29, 1.82) is 0 Å². The Kier molecular flexibility index (Phi) is 4.91. The van der Waals surface area contributed by atoms with E-state index in [4.69, 9.17) is 0 Å². The number of piperidine rings is 1. The number of rotatable bonds is 4. The molecule has 146 valence electrons. The van der Waals surface area contributed by atoms with E-state index in [1.165, 1.54) is 10.6 Å². The second-order valence-corrected chi connectivity index (χ2v) is 9.11. The molecule has 0 bridgehead atoms. The number of carbonyl (C=O) groups is 1. The molecule has 2 aromatic carbocycles. The Hall–Kier alpha value is -2.71. The number of sulfonamides is 1. The molecule has 2 N–H and O–H groups in total. The molecular weight excluding hydrogens is 376 g/mol. The van der Waals surface area contributed by atoms with Crippen molar-refractivity contribution in [1.82, 2.24) is 14.3 Å². The summed E-state index contributed by atoms with van der Waals surface area (Å²) in [7, 11) is -3.27. The van der Waals surface area contributed by atoms with Crippen LogP contribution in [0.1, 0.15) is 12.8 Å². The molecule has 2 heterocycles. The van der Waals surface area contributed by atoms with Crippen LogP contribution in [-0.4, -0.2) is 47.9 Å². The van der Waals surface area contributed by atoms with Gasteiger partial charge in [-0.25, -0.2) is 17.7 Å². The topological polar surface area (TPSA) is 95.2 Å². The van der Waals surface area contributed by atoms with Gasteiger partial charge in [-0.1, -0.05) is 12.1 Å². The van der Waals surface area contributed by atoms with Gasteiger partial charge in [-0.2, -0.15) is 0 Å². The van der Waals surface area contributed by atoms with Gasteiger partial charge in [0.25, 0.3) is 0 Å². The zero-order chi connectivity index (χ0) is 19.7. The Balaban J connectivity index is 1.45. The normalized spacial score (nSPS) is 18.2. The number of imidazole rings is 1. The predicted molar refractivity (Wildman–Crippen MR) is 109 cm³/mol. The highest BCUT2D eigenvalue weighted by atomic mass is 32.2. The summed E-state index contributed by atoms with van der Waals surface area (Å²) >= 11 is 0.